The van der Waals surface area contributed by atoms with E-state index in [0.717, 1.165) is 26.9 Å². The number of carbonyl (C=O) groups excluding carboxylic acids is 2. The van der Waals surface area contributed by atoms with Crippen LogP contribution in [-0.4, -0.2) is 28.6 Å². The van der Waals surface area contributed by atoms with E-state index < -0.39 is 0 Å². The van der Waals surface area contributed by atoms with Gasteiger partial charge in [0.15, 0.2) is 5.82 Å². The van der Waals surface area contributed by atoms with Crippen LogP contribution >= 0.6 is 15.9 Å². The van der Waals surface area contributed by atoms with Gasteiger partial charge in [-0.15, -0.1) is 5.10 Å². The SMILES string of the molecule is CC(=O)N1c2ccccc2N(C)c2cc(Br)cc3c2c1nn3C(C)=O. The van der Waals surface area contributed by atoms with Crippen LogP contribution in [0, 0.1) is 0 Å². The van der Waals surface area contributed by atoms with Crippen molar-refractivity contribution in [1.29, 1.82) is 0 Å². The first-order valence-electron chi connectivity index (χ1n) is 7.77. The average molecular weight is 399 g/mol. The molecule has 2 aromatic carbocycles. The van der Waals surface area contributed by atoms with Crippen LogP contribution in [0.1, 0.15) is 18.6 Å². The second-order valence-corrected chi connectivity index (χ2v) is 6.89. The third-order valence-corrected chi connectivity index (χ3v) is 4.84. The van der Waals surface area contributed by atoms with Crippen molar-refractivity contribution in [3.05, 3.63) is 40.9 Å². The van der Waals surface area contributed by atoms with E-state index in [0.29, 0.717) is 11.3 Å². The molecule has 1 amide bonds. The van der Waals surface area contributed by atoms with E-state index in [4.69, 9.17) is 0 Å². The van der Waals surface area contributed by atoms with E-state index in [-0.39, 0.29) is 11.8 Å². The molecule has 3 aromatic rings. The van der Waals surface area contributed by atoms with Gasteiger partial charge in [0, 0.05) is 25.4 Å². The molecule has 0 N–H and O–H groups in total. The Balaban J connectivity index is 2.21. The molecule has 0 spiro atoms. The molecule has 25 heavy (non-hydrogen) atoms. The predicted molar refractivity (Wildman–Crippen MR) is 101 cm³/mol. The number of halogens is 1. The predicted octanol–water partition coefficient (Wildman–Crippen LogP) is 4.22. The van der Waals surface area contributed by atoms with E-state index in [1.165, 1.54) is 18.5 Å². The molecule has 0 bridgehead atoms. The largest absolute Gasteiger partial charge is 0.342 e. The lowest BCUT2D eigenvalue weighted by atomic mass is 10.2. The molecule has 6 nitrogen and oxygen atoms in total. The van der Waals surface area contributed by atoms with Gasteiger partial charge in [0.25, 0.3) is 0 Å². The molecule has 7 heteroatoms. The summed E-state index contributed by atoms with van der Waals surface area (Å²) in [4.78, 5) is 28.2. The van der Waals surface area contributed by atoms with Gasteiger partial charge in [-0.2, -0.15) is 4.68 Å². The Bertz CT molecular complexity index is 1060. The lowest BCUT2D eigenvalue weighted by Crippen LogP contribution is -2.24. The normalized spacial score (nSPS) is 13.0. The summed E-state index contributed by atoms with van der Waals surface area (Å²) in [6.07, 6.45) is 0. The summed E-state index contributed by atoms with van der Waals surface area (Å²) in [5.41, 5.74) is 3.17. The van der Waals surface area contributed by atoms with Crippen molar-refractivity contribution >= 4 is 61.5 Å². The van der Waals surface area contributed by atoms with E-state index in [2.05, 4.69) is 21.0 Å². The highest BCUT2D eigenvalue weighted by Gasteiger charge is 2.31. The number of benzene rings is 2. The van der Waals surface area contributed by atoms with Gasteiger partial charge in [-0.1, -0.05) is 28.1 Å². The van der Waals surface area contributed by atoms with Crippen molar-refractivity contribution in [2.24, 2.45) is 0 Å². The topological polar surface area (TPSA) is 58.4 Å². The molecule has 0 aliphatic carbocycles. The Labute approximate surface area is 152 Å². The first-order valence-corrected chi connectivity index (χ1v) is 8.56. The fourth-order valence-electron chi connectivity index (χ4n) is 3.33. The summed E-state index contributed by atoms with van der Waals surface area (Å²) in [5.74, 6) is 0.101. The number of aromatic nitrogens is 2. The molecule has 4 rings (SSSR count). The molecule has 0 saturated heterocycles. The Morgan fingerprint density at radius 2 is 1.68 bits per heavy atom. The number of hydrogen-bond acceptors (Lipinski definition) is 4. The minimum absolute atomic E-state index is 0.160. The van der Waals surface area contributed by atoms with Gasteiger partial charge in [0.2, 0.25) is 11.8 Å². The monoisotopic (exact) mass is 398 g/mol. The molecule has 126 valence electrons. The highest BCUT2D eigenvalue weighted by Crippen LogP contribution is 2.47. The third-order valence-electron chi connectivity index (χ3n) is 4.38. The smallest absolute Gasteiger partial charge is 0.244 e. The quantitative estimate of drug-likeness (QED) is 0.568. The van der Waals surface area contributed by atoms with E-state index in [9.17, 15) is 9.59 Å². The summed E-state index contributed by atoms with van der Waals surface area (Å²) in [7, 11) is 1.94. The molecule has 0 atom stereocenters. The van der Waals surface area contributed by atoms with Crippen LogP contribution in [0.3, 0.4) is 0 Å². The Morgan fingerprint density at radius 3 is 2.32 bits per heavy atom. The maximum atomic E-state index is 12.5. The lowest BCUT2D eigenvalue weighted by Gasteiger charge is -2.24. The summed E-state index contributed by atoms with van der Waals surface area (Å²) in [6, 6.07) is 11.5. The van der Waals surface area contributed by atoms with Gasteiger partial charge in [0.1, 0.15) is 0 Å². The zero-order chi connectivity index (χ0) is 17.9. The summed E-state index contributed by atoms with van der Waals surface area (Å²) in [6.45, 7) is 2.96. The van der Waals surface area contributed by atoms with Crippen LogP contribution in [0.15, 0.2) is 40.9 Å². The molecule has 0 saturated carbocycles. The molecule has 2 heterocycles. The fraction of sp³-hybridized carbons (Fsp3) is 0.167. The standard InChI is InChI=1S/C18H15BrN4O2/c1-10(24)22-14-7-5-4-6-13(14)21(3)15-8-12(19)9-16-17(15)18(22)20-23(16)11(2)25/h4-9H,1-3H3. The summed E-state index contributed by atoms with van der Waals surface area (Å²) >= 11 is 3.52. The van der Waals surface area contributed by atoms with Gasteiger partial charge in [0.05, 0.1) is 28.0 Å². The number of rotatable bonds is 0. The lowest BCUT2D eigenvalue weighted by molar-refractivity contribution is -0.115. The van der Waals surface area contributed by atoms with Crippen molar-refractivity contribution in [2.75, 3.05) is 16.8 Å². The van der Waals surface area contributed by atoms with Crippen molar-refractivity contribution in [3.8, 4) is 0 Å². The Kier molecular flexibility index (Phi) is 3.43. The zero-order valence-electron chi connectivity index (χ0n) is 13.9. The highest BCUT2D eigenvalue weighted by atomic mass is 79.9. The van der Waals surface area contributed by atoms with Crippen LogP contribution in [0.4, 0.5) is 22.9 Å². The van der Waals surface area contributed by atoms with Crippen molar-refractivity contribution < 1.29 is 9.59 Å². The first kappa shape index (κ1) is 15.8. The maximum absolute atomic E-state index is 12.5. The van der Waals surface area contributed by atoms with Crippen molar-refractivity contribution in [1.82, 2.24) is 9.78 Å². The van der Waals surface area contributed by atoms with Crippen LogP contribution in [0.5, 0.6) is 0 Å². The molecule has 1 aromatic heterocycles. The van der Waals surface area contributed by atoms with Crippen LogP contribution in [-0.2, 0) is 4.79 Å². The second kappa shape index (κ2) is 5.42. The molecular formula is C18H15BrN4O2. The Hall–Kier alpha value is -2.67. The molecule has 0 unspecified atom stereocenters. The number of fused-ring (bicyclic) bond motifs is 1. The minimum atomic E-state index is -0.208. The van der Waals surface area contributed by atoms with Crippen molar-refractivity contribution in [3.63, 3.8) is 0 Å². The number of anilines is 4. The van der Waals surface area contributed by atoms with Gasteiger partial charge in [-0.3, -0.25) is 14.5 Å². The minimum Gasteiger partial charge on any atom is -0.342 e. The molecule has 0 radical (unpaired) electrons. The van der Waals surface area contributed by atoms with Gasteiger partial charge in [-0.05, 0) is 24.3 Å². The summed E-state index contributed by atoms with van der Waals surface area (Å²) < 4.78 is 2.18. The molecule has 1 aliphatic rings. The summed E-state index contributed by atoms with van der Waals surface area (Å²) in [5, 5.41) is 5.25. The van der Waals surface area contributed by atoms with E-state index in [1.807, 2.05) is 48.3 Å². The van der Waals surface area contributed by atoms with Crippen LogP contribution < -0.4 is 9.80 Å². The molecule has 0 fully saturated rings. The number of carbonyl (C=O) groups is 2. The van der Waals surface area contributed by atoms with E-state index in [1.54, 1.807) is 4.90 Å². The van der Waals surface area contributed by atoms with Crippen LogP contribution in [0.25, 0.3) is 10.9 Å². The number of amides is 1. The molecule has 1 aliphatic heterocycles. The zero-order valence-corrected chi connectivity index (χ0v) is 15.5. The van der Waals surface area contributed by atoms with E-state index >= 15 is 0 Å². The number of para-hydroxylation sites is 2. The first-order chi connectivity index (χ1) is 11.9. The number of nitrogens with zero attached hydrogens (tertiary/aromatic N) is 4. The van der Waals surface area contributed by atoms with Crippen molar-refractivity contribution in [2.45, 2.75) is 13.8 Å². The fourth-order valence-corrected chi connectivity index (χ4v) is 3.77. The second-order valence-electron chi connectivity index (χ2n) is 5.98. The maximum Gasteiger partial charge on any atom is 0.244 e. The van der Waals surface area contributed by atoms with Gasteiger partial charge < -0.3 is 4.90 Å². The highest BCUT2D eigenvalue weighted by molar-refractivity contribution is 9.10. The van der Waals surface area contributed by atoms with Crippen LogP contribution in [0.2, 0.25) is 0 Å². The third kappa shape index (κ3) is 2.19. The van der Waals surface area contributed by atoms with Gasteiger partial charge >= 0.3 is 0 Å². The average Bonchev–Trinajstić information content (AvgIpc) is 2.88. The molecular weight excluding hydrogens is 384 g/mol. The number of hydrogen-bond donors (Lipinski definition) is 0. The van der Waals surface area contributed by atoms with Gasteiger partial charge in [-0.25, -0.2) is 0 Å². The Morgan fingerprint density at radius 1 is 1.00 bits per heavy atom.